The first kappa shape index (κ1) is 72.0. The summed E-state index contributed by atoms with van der Waals surface area (Å²) in [5.74, 6) is 1.58. The third-order valence-corrected chi connectivity index (χ3v) is 26.8. The summed E-state index contributed by atoms with van der Waals surface area (Å²) in [6.45, 7) is -0.415. The van der Waals surface area contributed by atoms with Crippen LogP contribution in [-0.2, 0) is 0 Å². The third-order valence-electron chi connectivity index (χ3n) is 26.8. The highest BCUT2D eigenvalue weighted by Gasteiger charge is 2.47. The summed E-state index contributed by atoms with van der Waals surface area (Å²) in [4.78, 5) is 23.4. The van der Waals surface area contributed by atoms with Crippen LogP contribution in [0.5, 0.6) is 0 Å². The largest absolute Gasteiger partial charge is 0.311 e. The maximum absolute atomic E-state index is 6.09. The van der Waals surface area contributed by atoms with Crippen molar-refractivity contribution in [3.63, 3.8) is 0 Å². The number of fused-ring (bicyclic) bond motifs is 10. The lowest BCUT2D eigenvalue weighted by Gasteiger charge is -2.45. The van der Waals surface area contributed by atoms with Crippen molar-refractivity contribution >= 4 is 143 Å². The summed E-state index contributed by atoms with van der Waals surface area (Å²) in [6.07, 6.45) is 0. The van der Waals surface area contributed by atoms with Crippen LogP contribution in [-0.4, -0.2) is 21.7 Å². The van der Waals surface area contributed by atoms with Crippen molar-refractivity contribution in [1.82, 2.24) is 15.0 Å². The van der Waals surface area contributed by atoms with E-state index in [0.29, 0.717) is 17.5 Å². The molecular weight excluding hydrogens is 1530 g/mol. The van der Waals surface area contributed by atoms with Crippen LogP contribution < -0.4 is 26.2 Å². The van der Waals surface area contributed by atoms with Gasteiger partial charge in [-0.3, -0.25) is 0 Å². The SMILES string of the molecule is c1ccc(-c2cc(-c3ccccc3)cc(-c3nc(-c4cc(-c5ccccc5)cc(-c5ccccc5)c4)nc(-c4cc5c6c(c4)N(c4cc(-c7ccccc7)cc(-c7ccccc7)c4)c4cc7c8cccc9cccc(c%10cccc(c4B6c4c(cc6c%11cccc%12cccc(c%13cccc4c%136)c%12%11)N5c4cc(-c5ccccc5)cc(-c5ccccc5)c4)c%107)c98)n3)c2)cc1. The monoisotopic (exact) mass is 1610 g/mol. The van der Waals surface area contributed by atoms with Gasteiger partial charge >= 0.3 is 0 Å². The molecule has 0 saturated carbocycles. The number of nitrogens with zero attached hydrogens (tertiary/aromatic N) is 5. The summed E-state index contributed by atoms with van der Waals surface area (Å²) in [7, 11) is 0. The molecule has 0 N–H and O–H groups in total. The fourth-order valence-corrected chi connectivity index (χ4v) is 21.2. The minimum atomic E-state index is -0.415. The van der Waals surface area contributed by atoms with E-state index < -0.39 is 6.71 Å². The van der Waals surface area contributed by atoms with Gasteiger partial charge in [-0.2, -0.15) is 0 Å². The number of hydrogen-bond donors (Lipinski definition) is 0. The predicted octanol–water partition coefficient (Wildman–Crippen LogP) is 30.4. The van der Waals surface area contributed by atoms with Crippen LogP contribution in [0.25, 0.3) is 209 Å². The van der Waals surface area contributed by atoms with Gasteiger partial charge < -0.3 is 9.80 Å². The molecule has 0 amide bonds. The predicted molar refractivity (Wildman–Crippen MR) is 536 cm³/mol. The van der Waals surface area contributed by atoms with Crippen molar-refractivity contribution in [2.75, 3.05) is 9.80 Å². The lowest BCUT2D eigenvalue weighted by molar-refractivity contribution is 1.07. The van der Waals surface area contributed by atoms with Crippen LogP contribution in [0.1, 0.15) is 0 Å². The van der Waals surface area contributed by atoms with Crippen molar-refractivity contribution in [2.45, 2.75) is 0 Å². The standard InChI is InChI=1S/C121H74BN5/c1-9-31-75(32-10-1)85-59-86(76-33-11-2-12-34-76)64-93(63-85)119-123-120(94-65-87(77-35-13-3-14-36-77)60-88(66-94)78-37-15-4-16-38-78)125-121(124-119)95-71-108-118-109(72-95)127(97-69-91(81-43-21-7-22-44-81)62-92(70-97)82-45-23-8-24-46-82)111-74-107-103-54-28-50-84-48-26-52-99(113(84)103)101-56-30-58-105(115(101)107)117(111)122(118)116-104-57-29-55-100-98-51-25-47-83-49-27-53-102(112(83)98)106(114(100)104)73-110(116)126(108)96-67-89(79-39-17-5-18-40-79)61-90(68-96)80-41-19-6-20-42-80/h1-74H. The van der Waals surface area contributed by atoms with Crippen LogP contribution in [0.4, 0.5) is 34.1 Å². The van der Waals surface area contributed by atoms with Crippen molar-refractivity contribution in [2.24, 2.45) is 0 Å². The molecule has 6 heteroatoms. The molecule has 23 aromatic carbocycles. The van der Waals surface area contributed by atoms with E-state index in [1.807, 2.05) is 0 Å². The van der Waals surface area contributed by atoms with Gasteiger partial charge in [0.15, 0.2) is 17.5 Å². The maximum atomic E-state index is 6.09. The highest BCUT2D eigenvalue weighted by Crippen LogP contribution is 2.54. The summed E-state index contributed by atoms with van der Waals surface area (Å²) >= 11 is 0. The van der Waals surface area contributed by atoms with E-state index in [2.05, 4.69) is 459 Å². The Morgan fingerprint density at radius 3 is 0.638 bits per heavy atom. The van der Waals surface area contributed by atoms with Crippen molar-refractivity contribution in [3.8, 4) is 123 Å². The molecule has 0 aliphatic carbocycles. The molecule has 586 valence electrons. The van der Waals surface area contributed by atoms with Crippen LogP contribution in [0.3, 0.4) is 0 Å². The Kier molecular flexibility index (Phi) is 16.4. The molecule has 2 aliphatic heterocycles. The molecule has 2 aliphatic rings. The Morgan fingerprint density at radius 1 is 0.150 bits per heavy atom. The van der Waals surface area contributed by atoms with E-state index in [9.17, 15) is 0 Å². The Bertz CT molecular complexity index is 7810. The van der Waals surface area contributed by atoms with Crippen LogP contribution in [0.15, 0.2) is 449 Å². The highest BCUT2D eigenvalue weighted by atomic mass is 15.2. The van der Waals surface area contributed by atoms with Gasteiger partial charge in [-0.15, -0.1) is 0 Å². The van der Waals surface area contributed by atoms with Crippen LogP contribution in [0, 0.1) is 0 Å². The molecule has 1 aromatic heterocycles. The first-order valence-electron chi connectivity index (χ1n) is 43.8. The summed E-state index contributed by atoms with van der Waals surface area (Å²) < 4.78 is 0. The second-order valence-corrected chi connectivity index (χ2v) is 34.0. The second-order valence-electron chi connectivity index (χ2n) is 34.0. The van der Waals surface area contributed by atoms with E-state index in [0.717, 1.165) is 145 Å². The van der Waals surface area contributed by atoms with E-state index in [1.165, 1.54) is 97.1 Å². The zero-order chi connectivity index (χ0) is 83.3. The van der Waals surface area contributed by atoms with E-state index in [4.69, 9.17) is 15.0 Å². The summed E-state index contributed by atoms with van der Waals surface area (Å²) in [5.41, 5.74) is 29.6. The van der Waals surface area contributed by atoms with Crippen molar-refractivity contribution < 1.29 is 0 Å². The minimum Gasteiger partial charge on any atom is -0.311 e. The molecule has 26 rings (SSSR count). The molecule has 5 nitrogen and oxygen atoms in total. The fraction of sp³-hybridized carbons (Fsp3) is 0. The normalized spacial score (nSPS) is 12.4. The smallest absolute Gasteiger partial charge is 0.253 e. The van der Waals surface area contributed by atoms with Gasteiger partial charge in [0.25, 0.3) is 6.71 Å². The van der Waals surface area contributed by atoms with Gasteiger partial charge in [0.05, 0.1) is 0 Å². The Morgan fingerprint density at radius 2 is 0.362 bits per heavy atom. The number of anilines is 6. The van der Waals surface area contributed by atoms with Crippen molar-refractivity contribution in [3.05, 3.63) is 449 Å². The molecule has 0 unspecified atom stereocenters. The Balaban J connectivity index is 0.860. The lowest BCUT2D eigenvalue weighted by atomic mass is 9.32. The Hall–Kier alpha value is -16.7. The van der Waals surface area contributed by atoms with Crippen LogP contribution in [0.2, 0.25) is 0 Å². The zero-order valence-corrected chi connectivity index (χ0v) is 69.0. The first-order valence-corrected chi connectivity index (χ1v) is 43.8. The number of hydrogen-bond acceptors (Lipinski definition) is 5. The van der Waals surface area contributed by atoms with Crippen LogP contribution >= 0.6 is 0 Å². The number of rotatable bonds is 13. The Labute approximate surface area is 735 Å². The third kappa shape index (κ3) is 11.8. The molecular formula is C121H74BN5. The quantitative estimate of drug-likeness (QED) is 0.0654. The second kappa shape index (κ2) is 29.0. The summed E-state index contributed by atoms with van der Waals surface area (Å²) in [5, 5.41) is 19.6. The van der Waals surface area contributed by atoms with Gasteiger partial charge in [-0.1, -0.05) is 352 Å². The van der Waals surface area contributed by atoms with Gasteiger partial charge in [-0.25, -0.2) is 15.0 Å². The number of aromatic nitrogens is 3. The lowest BCUT2D eigenvalue weighted by Crippen LogP contribution is -2.61. The van der Waals surface area contributed by atoms with Gasteiger partial charge in [0, 0.05) is 50.8 Å². The minimum absolute atomic E-state index is 0.415. The van der Waals surface area contributed by atoms with E-state index in [-0.39, 0.29) is 0 Å². The van der Waals surface area contributed by atoms with Gasteiger partial charge in [0.2, 0.25) is 0 Å². The first-order chi connectivity index (χ1) is 62.9. The molecule has 127 heavy (non-hydrogen) atoms. The number of benzene rings is 23. The molecule has 0 spiro atoms. The van der Waals surface area contributed by atoms with E-state index >= 15 is 0 Å². The molecule has 0 radical (unpaired) electrons. The molecule has 0 fully saturated rings. The average Bonchev–Trinajstić information content (AvgIpc) is 0.669. The average molecular weight is 1610 g/mol. The molecule has 24 aromatic rings. The summed E-state index contributed by atoms with van der Waals surface area (Å²) in [6, 6.07) is 167. The molecule has 0 bridgehead atoms. The van der Waals surface area contributed by atoms with Gasteiger partial charge in [0.1, 0.15) is 0 Å². The maximum Gasteiger partial charge on any atom is 0.253 e. The highest BCUT2D eigenvalue weighted by molar-refractivity contribution is 7.03. The fourth-order valence-electron chi connectivity index (χ4n) is 21.2. The van der Waals surface area contributed by atoms with E-state index in [1.54, 1.807) is 0 Å². The molecule has 0 atom stereocenters. The zero-order valence-electron chi connectivity index (χ0n) is 69.0. The van der Waals surface area contributed by atoms with Gasteiger partial charge in [-0.05, 0) is 289 Å². The van der Waals surface area contributed by atoms with Crippen molar-refractivity contribution in [1.29, 1.82) is 0 Å². The molecule has 3 heterocycles. The molecule has 0 saturated heterocycles. The topological polar surface area (TPSA) is 45.2 Å².